The topological polar surface area (TPSA) is 109 Å². The number of benzene rings is 1. The average molecular weight is 307 g/mol. The van der Waals surface area contributed by atoms with E-state index in [-0.39, 0.29) is 6.10 Å². The Labute approximate surface area is 126 Å². The first-order valence-corrected chi connectivity index (χ1v) is 7.15. The van der Waals surface area contributed by atoms with Crippen LogP contribution >= 0.6 is 11.8 Å². The third kappa shape index (κ3) is 3.46. The van der Waals surface area contributed by atoms with E-state index in [1.54, 1.807) is 39.0 Å². The van der Waals surface area contributed by atoms with Crippen molar-refractivity contribution in [3.63, 3.8) is 0 Å². The molecule has 0 aliphatic heterocycles. The molecule has 1 heterocycles. The molecule has 0 spiro atoms. The number of nitrogen functional groups attached to an aromatic ring is 2. The van der Waals surface area contributed by atoms with E-state index >= 15 is 0 Å². The summed E-state index contributed by atoms with van der Waals surface area (Å²) in [6.45, 7) is 5.34. The Morgan fingerprint density at radius 3 is 2.62 bits per heavy atom. The van der Waals surface area contributed by atoms with Crippen molar-refractivity contribution in [1.82, 2.24) is 14.9 Å². The van der Waals surface area contributed by atoms with Gasteiger partial charge in [-0.05, 0) is 50.7 Å². The molecule has 7 nitrogen and oxygen atoms in total. The molecule has 4 N–H and O–H groups in total. The fourth-order valence-electron chi connectivity index (χ4n) is 1.57. The minimum absolute atomic E-state index is 0.174. The summed E-state index contributed by atoms with van der Waals surface area (Å²) in [5.74, 6) is 6.00. The number of hydrogen-bond acceptors (Lipinski definition) is 7. The SMILES string of the molecule is Cc1nnc(Sc2ccc(C(=O)OC(C)C)cc2N)n1N. The molecule has 2 aromatic rings. The van der Waals surface area contributed by atoms with Crippen molar-refractivity contribution in [2.45, 2.75) is 36.9 Å². The molecular formula is C13H17N5O2S. The normalized spacial score (nSPS) is 10.9. The lowest BCUT2D eigenvalue weighted by Crippen LogP contribution is -2.12. The number of anilines is 1. The third-order valence-corrected chi connectivity index (χ3v) is 3.68. The Balaban J connectivity index is 2.20. The lowest BCUT2D eigenvalue weighted by molar-refractivity contribution is 0.0378. The largest absolute Gasteiger partial charge is 0.459 e. The molecule has 21 heavy (non-hydrogen) atoms. The van der Waals surface area contributed by atoms with Gasteiger partial charge in [0.15, 0.2) is 0 Å². The molecule has 0 saturated heterocycles. The van der Waals surface area contributed by atoms with Gasteiger partial charge in [0, 0.05) is 10.6 Å². The van der Waals surface area contributed by atoms with Gasteiger partial charge < -0.3 is 16.3 Å². The summed E-state index contributed by atoms with van der Waals surface area (Å²) in [7, 11) is 0. The first-order chi connectivity index (χ1) is 9.88. The molecule has 112 valence electrons. The van der Waals surface area contributed by atoms with Gasteiger partial charge in [0.2, 0.25) is 5.16 Å². The predicted molar refractivity (Wildman–Crippen MR) is 80.4 cm³/mol. The number of carbonyl (C=O) groups is 1. The number of aryl methyl sites for hydroxylation is 1. The molecular weight excluding hydrogens is 290 g/mol. The molecule has 0 amide bonds. The molecule has 0 radical (unpaired) electrons. The Bertz CT molecular complexity index is 669. The molecule has 2 rings (SSSR count). The van der Waals surface area contributed by atoms with Crippen molar-refractivity contribution in [1.29, 1.82) is 0 Å². The molecule has 8 heteroatoms. The van der Waals surface area contributed by atoms with Crippen LogP contribution in [0.1, 0.15) is 30.0 Å². The highest BCUT2D eigenvalue weighted by Crippen LogP contribution is 2.31. The van der Waals surface area contributed by atoms with Crippen molar-refractivity contribution in [2.24, 2.45) is 0 Å². The summed E-state index contributed by atoms with van der Waals surface area (Å²) < 4.78 is 6.50. The van der Waals surface area contributed by atoms with Gasteiger partial charge in [-0.1, -0.05) is 0 Å². The van der Waals surface area contributed by atoms with Crippen LogP contribution in [0.2, 0.25) is 0 Å². The molecule has 0 unspecified atom stereocenters. The molecule has 0 saturated carbocycles. The lowest BCUT2D eigenvalue weighted by atomic mass is 10.2. The van der Waals surface area contributed by atoms with Crippen molar-refractivity contribution >= 4 is 23.4 Å². The minimum atomic E-state index is -0.397. The van der Waals surface area contributed by atoms with E-state index in [4.69, 9.17) is 16.3 Å². The van der Waals surface area contributed by atoms with Crippen LogP contribution in [0, 0.1) is 6.92 Å². The zero-order valence-electron chi connectivity index (χ0n) is 12.0. The van der Waals surface area contributed by atoms with E-state index in [1.165, 1.54) is 16.4 Å². The maximum Gasteiger partial charge on any atom is 0.338 e. The highest BCUT2D eigenvalue weighted by Gasteiger charge is 2.14. The number of carbonyl (C=O) groups excluding carboxylic acids is 1. The lowest BCUT2D eigenvalue weighted by Gasteiger charge is -2.10. The molecule has 0 bridgehead atoms. The van der Waals surface area contributed by atoms with Gasteiger partial charge in [-0.3, -0.25) is 0 Å². The second-order valence-corrected chi connectivity index (χ2v) is 5.72. The minimum Gasteiger partial charge on any atom is -0.459 e. The quantitative estimate of drug-likeness (QED) is 0.501. The summed E-state index contributed by atoms with van der Waals surface area (Å²) >= 11 is 1.28. The number of nitrogens with two attached hydrogens (primary N) is 2. The van der Waals surface area contributed by atoms with Crippen molar-refractivity contribution in [3.8, 4) is 0 Å². The van der Waals surface area contributed by atoms with Gasteiger partial charge in [-0.2, -0.15) is 0 Å². The Hall–Kier alpha value is -2.22. The Morgan fingerprint density at radius 1 is 1.38 bits per heavy atom. The second-order valence-electron chi connectivity index (χ2n) is 4.71. The van der Waals surface area contributed by atoms with Gasteiger partial charge in [-0.25, -0.2) is 9.47 Å². The molecule has 0 aliphatic rings. The van der Waals surface area contributed by atoms with Crippen LogP contribution < -0.4 is 11.6 Å². The fraction of sp³-hybridized carbons (Fsp3) is 0.308. The number of hydrogen-bond donors (Lipinski definition) is 2. The highest BCUT2D eigenvalue weighted by atomic mass is 32.2. The van der Waals surface area contributed by atoms with Gasteiger partial charge in [-0.15, -0.1) is 10.2 Å². The average Bonchev–Trinajstić information content (AvgIpc) is 2.72. The first kappa shape index (κ1) is 15.2. The van der Waals surface area contributed by atoms with Crippen LogP contribution in [-0.4, -0.2) is 26.9 Å². The number of rotatable bonds is 4. The van der Waals surface area contributed by atoms with E-state index < -0.39 is 5.97 Å². The fourth-order valence-corrected chi connectivity index (χ4v) is 2.39. The van der Waals surface area contributed by atoms with Crippen molar-refractivity contribution < 1.29 is 9.53 Å². The van der Waals surface area contributed by atoms with Crippen LogP contribution in [0.4, 0.5) is 5.69 Å². The maximum absolute atomic E-state index is 11.8. The van der Waals surface area contributed by atoms with E-state index in [2.05, 4.69) is 10.2 Å². The number of esters is 1. The molecule has 0 fully saturated rings. The van der Waals surface area contributed by atoms with Crippen LogP contribution in [0.15, 0.2) is 28.3 Å². The van der Waals surface area contributed by atoms with Crippen molar-refractivity contribution in [3.05, 3.63) is 29.6 Å². The van der Waals surface area contributed by atoms with Crippen LogP contribution in [0.5, 0.6) is 0 Å². The summed E-state index contributed by atoms with van der Waals surface area (Å²) in [5.41, 5.74) is 6.84. The number of ether oxygens (including phenoxy) is 1. The van der Waals surface area contributed by atoms with Gasteiger partial charge in [0.05, 0.1) is 11.7 Å². The van der Waals surface area contributed by atoms with Crippen LogP contribution in [0.25, 0.3) is 0 Å². The van der Waals surface area contributed by atoms with E-state index in [9.17, 15) is 4.79 Å². The standard InChI is InChI=1S/C13H17N5O2S/c1-7(2)20-12(19)9-4-5-11(10(14)6-9)21-13-17-16-8(3)18(13)15/h4-7H,14-15H2,1-3H3. The summed E-state index contributed by atoms with van der Waals surface area (Å²) in [5, 5.41) is 8.35. The van der Waals surface area contributed by atoms with Gasteiger partial charge in [0.25, 0.3) is 0 Å². The van der Waals surface area contributed by atoms with E-state index in [0.717, 1.165) is 4.90 Å². The van der Waals surface area contributed by atoms with E-state index in [0.29, 0.717) is 22.2 Å². The van der Waals surface area contributed by atoms with Gasteiger partial charge >= 0.3 is 5.97 Å². The molecule has 1 aromatic heterocycles. The van der Waals surface area contributed by atoms with Crippen molar-refractivity contribution in [2.75, 3.05) is 11.6 Å². The summed E-state index contributed by atoms with van der Waals surface area (Å²) in [6, 6.07) is 4.98. The zero-order valence-corrected chi connectivity index (χ0v) is 12.8. The zero-order chi connectivity index (χ0) is 15.6. The maximum atomic E-state index is 11.8. The Morgan fingerprint density at radius 2 is 2.10 bits per heavy atom. The summed E-state index contributed by atoms with van der Waals surface area (Å²) in [6.07, 6.45) is -0.174. The van der Waals surface area contributed by atoms with Gasteiger partial charge in [0.1, 0.15) is 5.82 Å². The van der Waals surface area contributed by atoms with E-state index in [1.807, 2.05) is 0 Å². The molecule has 0 aliphatic carbocycles. The predicted octanol–water partition coefficient (Wildman–Crippen LogP) is 1.60. The Kier molecular flexibility index (Phi) is 4.37. The smallest absolute Gasteiger partial charge is 0.338 e. The highest BCUT2D eigenvalue weighted by molar-refractivity contribution is 7.99. The molecule has 0 atom stereocenters. The van der Waals surface area contributed by atoms with Crippen LogP contribution in [-0.2, 0) is 4.74 Å². The third-order valence-electron chi connectivity index (χ3n) is 2.62. The molecule has 1 aromatic carbocycles. The number of aromatic nitrogens is 3. The number of nitrogens with zero attached hydrogens (tertiary/aromatic N) is 3. The van der Waals surface area contributed by atoms with Crippen LogP contribution in [0.3, 0.4) is 0 Å². The first-order valence-electron chi connectivity index (χ1n) is 6.34. The summed E-state index contributed by atoms with van der Waals surface area (Å²) in [4.78, 5) is 12.5. The second kappa shape index (κ2) is 6.04. The monoisotopic (exact) mass is 307 g/mol.